The molecule has 0 atom stereocenters. The second-order valence-corrected chi connectivity index (χ2v) is 6.05. The van der Waals surface area contributed by atoms with E-state index in [1.807, 2.05) is 6.92 Å². The van der Waals surface area contributed by atoms with Gasteiger partial charge in [0.15, 0.2) is 0 Å². The van der Waals surface area contributed by atoms with Crippen molar-refractivity contribution in [2.24, 2.45) is 5.92 Å². The van der Waals surface area contributed by atoms with E-state index in [4.69, 9.17) is 4.74 Å². The first-order chi connectivity index (χ1) is 9.58. The molecule has 0 aromatic heterocycles. The van der Waals surface area contributed by atoms with Gasteiger partial charge in [0.1, 0.15) is 5.82 Å². The van der Waals surface area contributed by atoms with Crippen LogP contribution in [0.1, 0.15) is 31.7 Å². The first kappa shape index (κ1) is 15.4. The lowest BCUT2D eigenvalue weighted by molar-refractivity contribution is -0.124. The van der Waals surface area contributed by atoms with Crippen LogP contribution >= 0.6 is 15.9 Å². The van der Waals surface area contributed by atoms with Crippen LogP contribution in [0, 0.1) is 11.7 Å². The zero-order valence-corrected chi connectivity index (χ0v) is 13.1. The zero-order valence-electron chi connectivity index (χ0n) is 11.5. The maximum Gasteiger partial charge on any atom is 0.220 e. The predicted octanol–water partition coefficient (Wildman–Crippen LogP) is 3.41. The van der Waals surface area contributed by atoms with Crippen LogP contribution in [0.3, 0.4) is 0 Å². The summed E-state index contributed by atoms with van der Waals surface area (Å²) < 4.78 is 19.8. The van der Waals surface area contributed by atoms with Gasteiger partial charge in [-0.15, -0.1) is 0 Å². The second-order valence-electron chi connectivity index (χ2n) is 5.13. The lowest BCUT2D eigenvalue weighted by atomic mass is 9.80. The van der Waals surface area contributed by atoms with Crippen molar-refractivity contribution in [1.82, 2.24) is 5.32 Å². The van der Waals surface area contributed by atoms with Crippen molar-refractivity contribution in [3.63, 3.8) is 0 Å². The molecule has 1 fully saturated rings. The number of benzene rings is 1. The van der Waals surface area contributed by atoms with Crippen LogP contribution in [0.4, 0.5) is 4.39 Å². The highest BCUT2D eigenvalue weighted by Gasteiger charge is 2.30. The van der Waals surface area contributed by atoms with Crippen LogP contribution in [0.15, 0.2) is 22.7 Å². The molecule has 110 valence electrons. The molecule has 0 radical (unpaired) electrons. The maximum absolute atomic E-state index is 13.5. The highest BCUT2D eigenvalue weighted by atomic mass is 79.9. The number of hydrogen-bond acceptors (Lipinski definition) is 2. The predicted molar refractivity (Wildman–Crippen MR) is 78.7 cm³/mol. The minimum absolute atomic E-state index is 0.0238. The molecule has 5 heteroatoms. The Bertz CT molecular complexity index is 475. The number of hydrogen-bond donors (Lipinski definition) is 1. The maximum atomic E-state index is 13.5. The van der Waals surface area contributed by atoms with E-state index in [0.29, 0.717) is 24.0 Å². The molecule has 0 saturated heterocycles. The third kappa shape index (κ3) is 4.28. The van der Waals surface area contributed by atoms with Gasteiger partial charge in [-0.25, -0.2) is 4.39 Å². The van der Waals surface area contributed by atoms with E-state index in [9.17, 15) is 9.18 Å². The van der Waals surface area contributed by atoms with Crippen molar-refractivity contribution < 1.29 is 13.9 Å². The summed E-state index contributed by atoms with van der Waals surface area (Å²) in [5.41, 5.74) is 0.494. The summed E-state index contributed by atoms with van der Waals surface area (Å²) in [5, 5.41) is 2.77. The summed E-state index contributed by atoms with van der Waals surface area (Å²) >= 11 is 3.29. The van der Waals surface area contributed by atoms with E-state index in [1.165, 1.54) is 6.07 Å². The summed E-state index contributed by atoms with van der Waals surface area (Å²) in [6.07, 6.45) is 2.72. The Labute approximate surface area is 127 Å². The lowest BCUT2D eigenvalue weighted by Crippen LogP contribution is -2.35. The van der Waals surface area contributed by atoms with Gasteiger partial charge in [-0.3, -0.25) is 4.79 Å². The van der Waals surface area contributed by atoms with E-state index in [1.54, 1.807) is 12.1 Å². The van der Waals surface area contributed by atoms with Gasteiger partial charge in [-0.05, 0) is 43.9 Å². The average Bonchev–Trinajstić information content (AvgIpc) is 2.37. The van der Waals surface area contributed by atoms with Gasteiger partial charge in [-0.2, -0.15) is 0 Å². The highest BCUT2D eigenvalue weighted by molar-refractivity contribution is 9.10. The zero-order chi connectivity index (χ0) is 14.5. The van der Waals surface area contributed by atoms with Gasteiger partial charge in [0, 0.05) is 29.6 Å². The SMILES string of the molecule is CCOC1CC(CC(=O)NCc2cc(Br)ccc2F)C1. The average molecular weight is 344 g/mol. The van der Waals surface area contributed by atoms with Crippen molar-refractivity contribution in [2.75, 3.05) is 6.61 Å². The Balaban J connectivity index is 1.72. The number of nitrogens with one attached hydrogen (secondary N) is 1. The van der Waals surface area contributed by atoms with E-state index >= 15 is 0 Å². The molecule has 1 aromatic carbocycles. The molecular weight excluding hydrogens is 325 g/mol. The molecule has 0 aliphatic heterocycles. The Morgan fingerprint density at radius 1 is 1.50 bits per heavy atom. The number of carbonyl (C=O) groups is 1. The van der Waals surface area contributed by atoms with Gasteiger partial charge in [-0.1, -0.05) is 15.9 Å². The highest BCUT2D eigenvalue weighted by Crippen LogP contribution is 2.32. The Kier molecular flexibility index (Phi) is 5.54. The Hall–Kier alpha value is -0.940. The summed E-state index contributed by atoms with van der Waals surface area (Å²) in [7, 11) is 0. The number of rotatable bonds is 6. The van der Waals surface area contributed by atoms with Crippen molar-refractivity contribution in [3.8, 4) is 0 Å². The van der Waals surface area contributed by atoms with E-state index < -0.39 is 0 Å². The van der Waals surface area contributed by atoms with Gasteiger partial charge in [0.05, 0.1) is 6.10 Å². The van der Waals surface area contributed by atoms with E-state index in [0.717, 1.165) is 23.9 Å². The largest absolute Gasteiger partial charge is 0.378 e. The molecule has 3 nitrogen and oxygen atoms in total. The Morgan fingerprint density at radius 3 is 2.95 bits per heavy atom. The minimum Gasteiger partial charge on any atom is -0.378 e. The molecule has 0 bridgehead atoms. The number of amides is 1. The van der Waals surface area contributed by atoms with Crippen LogP contribution in [-0.2, 0) is 16.1 Å². The van der Waals surface area contributed by atoms with E-state index in [2.05, 4.69) is 21.2 Å². The summed E-state index contributed by atoms with van der Waals surface area (Å²) in [4.78, 5) is 11.8. The fraction of sp³-hybridized carbons (Fsp3) is 0.533. The smallest absolute Gasteiger partial charge is 0.220 e. The van der Waals surface area contributed by atoms with Crippen molar-refractivity contribution in [3.05, 3.63) is 34.1 Å². The van der Waals surface area contributed by atoms with Crippen LogP contribution < -0.4 is 5.32 Å². The minimum atomic E-state index is -0.298. The standard InChI is InChI=1S/C15H19BrFNO2/c1-2-20-13-5-10(6-13)7-15(19)18-9-11-8-12(16)3-4-14(11)17/h3-4,8,10,13H,2,5-7,9H2,1H3,(H,18,19). The quantitative estimate of drug-likeness (QED) is 0.859. The van der Waals surface area contributed by atoms with Crippen molar-refractivity contribution in [2.45, 2.75) is 38.8 Å². The molecule has 0 spiro atoms. The normalized spacial score (nSPS) is 21.4. The lowest BCUT2D eigenvalue weighted by Gasteiger charge is -2.34. The molecule has 1 saturated carbocycles. The summed E-state index contributed by atoms with van der Waals surface area (Å²) in [6.45, 7) is 2.93. The van der Waals surface area contributed by atoms with Crippen LogP contribution in [0.5, 0.6) is 0 Å². The number of ether oxygens (including phenoxy) is 1. The summed E-state index contributed by atoms with van der Waals surface area (Å²) in [5.74, 6) is 0.0804. The van der Waals surface area contributed by atoms with Crippen LogP contribution in [0.2, 0.25) is 0 Å². The first-order valence-electron chi connectivity index (χ1n) is 6.90. The van der Waals surface area contributed by atoms with Gasteiger partial charge in [0.2, 0.25) is 5.91 Å². The van der Waals surface area contributed by atoms with Crippen LogP contribution in [-0.4, -0.2) is 18.6 Å². The molecule has 1 amide bonds. The molecule has 1 aliphatic rings. The molecule has 20 heavy (non-hydrogen) atoms. The van der Waals surface area contributed by atoms with E-state index in [-0.39, 0.29) is 18.3 Å². The second kappa shape index (κ2) is 7.18. The molecule has 0 heterocycles. The third-order valence-electron chi connectivity index (χ3n) is 3.55. The fourth-order valence-electron chi connectivity index (χ4n) is 2.42. The molecule has 1 aromatic rings. The van der Waals surface area contributed by atoms with Gasteiger partial charge >= 0.3 is 0 Å². The number of halogens is 2. The Morgan fingerprint density at radius 2 is 2.25 bits per heavy atom. The molecule has 1 N–H and O–H groups in total. The van der Waals surface area contributed by atoms with Gasteiger partial charge in [0.25, 0.3) is 0 Å². The fourth-order valence-corrected chi connectivity index (χ4v) is 2.83. The topological polar surface area (TPSA) is 38.3 Å². The van der Waals surface area contributed by atoms with Crippen LogP contribution in [0.25, 0.3) is 0 Å². The molecule has 1 aliphatic carbocycles. The third-order valence-corrected chi connectivity index (χ3v) is 4.05. The first-order valence-corrected chi connectivity index (χ1v) is 7.70. The van der Waals surface area contributed by atoms with Gasteiger partial charge < -0.3 is 10.1 Å². The monoisotopic (exact) mass is 343 g/mol. The summed E-state index contributed by atoms with van der Waals surface area (Å²) in [6, 6.07) is 4.72. The number of carbonyl (C=O) groups excluding carboxylic acids is 1. The molecular formula is C15H19BrFNO2. The molecule has 0 unspecified atom stereocenters. The van der Waals surface area contributed by atoms with Crippen molar-refractivity contribution in [1.29, 1.82) is 0 Å². The molecule has 2 rings (SSSR count). The van der Waals surface area contributed by atoms with Crippen molar-refractivity contribution >= 4 is 21.8 Å².